The number of morpholine rings is 1. The van der Waals surface area contributed by atoms with E-state index in [4.69, 9.17) is 9.15 Å². The number of nitrogens with zero attached hydrogens (tertiary/aromatic N) is 2. The number of hydrogen-bond acceptors (Lipinski definition) is 5. The van der Waals surface area contributed by atoms with Gasteiger partial charge in [0.15, 0.2) is 11.5 Å². The maximum absolute atomic E-state index is 12.4. The van der Waals surface area contributed by atoms with Gasteiger partial charge in [-0.1, -0.05) is 30.3 Å². The molecule has 0 saturated carbocycles. The summed E-state index contributed by atoms with van der Waals surface area (Å²) in [5, 5.41) is 2.98. The number of benzene rings is 2. The minimum atomic E-state index is -0.0857. The van der Waals surface area contributed by atoms with Crippen LogP contribution in [0.5, 0.6) is 0 Å². The fraction of sp³-hybridized carbons (Fsp3) is 0.364. The molecule has 1 aromatic heterocycles. The first-order chi connectivity index (χ1) is 13.8. The summed E-state index contributed by atoms with van der Waals surface area (Å²) in [6.07, 6.45) is 1.61. The summed E-state index contributed by atoms with van der Waals surface area (Å²) in [6, 6.07) is 15.7. The average molecular weight is 379 g/mol. The van der Waals surface area contributed by atoms with Gasteiger partial charge in [0.05, 0.1) is 13.2 Å². The summed E-state index contributed by atoms with van der Waals surface area (Å²) in [4.78, 5) is 19.3. The second kappa shape index (κ2) is 8.99. The van der Waals surface area contributed by atoms with Crippen molar-refractivity contribution in [2.45, 2.75) is 12.8 Å². The van der Waals surface area contributed by atoms with Crippen LogP contribution in [0.1, 0.15) is 21.8 Å². The van der Waals surface area contributed by atoms with Gasteiger partial charge in [0.2, 0.25) is 0 Å². The van der Waals surface area contributed by atoms with Crippen LogP contribution in [-0.2, 0) is 17.6 Å². The smallest absolute Gasteiger partial charge is 0.251 e. The molecule has 2 heterocycles. The highest BCUT2D eigenvalue weighted by atomic mass is 16.5. The second-order valence-electron chi connectivity index (χ2n) is 6.99. The number of hydrogen-bond donors (Lipinski definition) is 1. The SMILES string of the molecule is O=C(NCCN1CCOCC1)c1ccc2nc(CCc3ccccc3)oc2c1. The molecule has 0 bridgehead atoms. The Balaban J connectivity index is 1.33. The Labute approximate surface area is 164 Å². The van der Waals surface area contributed by atoms with Crippen LogP contribution in [-0.4, -0.2) is 55.2 Å². The summed E-state index contributed by atoms with van der Waals surface area (Å²) in [7, 11) is 0. The number of ether oxygens (including phenoxy) is 1. The molecule has 4 rings (SSSR count). The third kappa shape index (κ3) is 4.77. The lowest BCUT2D eigenvalue weighted by Crippen LogP contribution is -2.41. The third-order valence-corrected chi connectivity index (χ3v) is 4.98. The van der Waals surface area contributed by atoms with Gasteiger partial charge in [-0.25, -0.2) is 4.98 Å². The van der Waals surface area contributed by atoms with E-state index < -0.39 is 0 Å². The largest absolute Gasteiger partial charge is 0.441 e. The van der Waals surface area contributed by atoms with E-state index in [1.807, 2.05) is 24.3 Å². The monoisotopic (exact) mass is 379 g/mol. The van der Waals surface area contributed by atoms with Crippen LogP contribution >= 0.6 is 0 Å². The minimum Gasteiger partial charge on any atom is -0.441 e. The molecule has 1 aliphatic rings. The van der Waals surface area contributed by atoms with E-state index in [1.54, 1.807) is 12.1 Å². The third-order valence-electron chi connectivity index (χ3n) is 4.98. The van der Waals surface area contributed by atoms with Gasteiger partial charge >= 0.3 is 0 Å². The van der Waals surface area contributed by atoms with Gasteiger partial charge in [0.1, 0.15) is 5.52 Å². The summed E-state index contributed by atoms with van der Waals surface area (Å²) in [6.45, 7) is 4.83. The van der Waals surface area contributed by atoms with Gasteiger partial charge in [-0.15, -0.1) is 0 Å². The second-order valence-corrected chi connectivity index (χ2v) is 6.99. The van der Waals surface area contributed by atoms with Crippen LogP contribution in [0.25, 0.3) is 11.1 Å². The standard InChI is InChI=1S/C22H25N3O3/c26-22(23-10-11-25-12-14-27-15-13-25)18-7-8-19-20(16-18)28-21(24-19)9-6-17-4-2-1-3-5-17/h1-5,7-8,16H,6,9-15H2,(H,23,26). The zero-order valence-corrected chi connectivity index (χ0v) is 15.9. The number of fused-ring (bicyclic) bond motifs is 1. The highest BCUT2D eigenvalue weighted by Gasteiger charge is 2.13. The zero-order valence-electron chi connectivity index (χ0n) is 15.9. The van der Waals surface area contributed by atoms with Crippen LogP contribution in [0.2, 0.25) is 0 Å². The van der Waals surface area contributed by atoms with E-state index in [9.17, 15) is 4.79 Å². The van der Waals surface area contributed by atoms with Crippen molar-refractivity contribution in [3.8, 4) is 0 Å². The first-order valence-electron chi connectivity index (χ1n) is 9.79. The van der Waals surface area contributed by atoms with Crippen LogP contribution in [0.15, 0.2) is 52.9 Å². The molecule has 0 aliphatic carbocycles. The molecule has 2 aromatic carbocycles. The normalized spacial score (nSPS) is 15.0. The van der Waals surface area contributed by atoms with E-state index in [-0.39, 0.29) is 5.91 Å². The fourth-order valence-corrected chi connectivity index (χ4v) is 3.37. The number of rotatable bonds is 7. The lowest BCUT2D eigenvalue weighted by molar-refractivity contribution is 0.0383. The lowest BCUT2D eigenvalue weighted by Gasteiger charge is -2.26. The maximum Gasteiger partial charge on any atom is 0.251 e. The van der Waals surface area contributed by atoms with Gasteiger partial charge in [0.25, 0.3) is 5.91 Å². The number of carbonyl (C=O) groups is 1. The Morgan fingerprint density at radius 3 is 2.71 bits per heavy atom. The molecule has 6 heteroatoms. The van der Waals surface area contributed by atoms with Crippen LogP contribution in [0.4, 0.5) is 0 Å². The molecule has 0 atom stereocenters. The molecule has 28 heavy (non-hydrogen) atoms. The molecule has 0 unspecified atom stereocenters. The predicted molar refractivity (Wildman–Crippen MR) is 107 cm³/mol. The quantitative estimate of drug-likeness (QED) is 0.684. The molecule has 1 aliphatic heterocycles. The zero-order chi connectivity index (χ0) is 19.2. The number of aromatic nitrogens is 1. The lowest BCUT2D eigenvalue weighted by atomic mass is 10.1. The van der Waals surface area contributed by atoms with Crippen molar-refractivity contribution in [3.63, 3.8) is 0 Å². The van der Waals surface area contributed by atoms with Gasteiger partial charge in [0, 0.05) is 38.2 Å². The van der Waals surface area contributed by atoms with Gasteiger partial charge < -0.3 is 14.5 Å². The van der Waals surface area contributed by atoms with E-state index in [2.05, 4.69) is 27.3 Å². The van der Waals surface area contributed by atoms with Crippen molar-refractivity contribution in [3.05, 3.63) is 65.5 Å². The molecule has 1 saturated heterocycles. The van der Waals surface area contributed by atoms with Crippen molar-refractivity contribution < 1.29 is 13.9 Å². The van der Waals surface area contributed by atoms with Gasteiger partial charge in [-0.05, 0) is 30.2 Å². The van der Waals surface area contributed by atoms with Crippen molar-refractivity contribution in [1.29, 1.82) is 0 Å². The molecule has 6 nitrogen and oxygen atoms in total. The molecule has 1 N–H and O–H groups in total. The number of amides is 1. The van der Waals surface area contributed by atoms with E-state index >= 15 is 0 Å². The van der Waals surface area contributed by atoms with E-state index in [0.29, 0.717) is 23.6 Å². The number of aryl methyl sites for hydroxylation is 2. The highest BCUT2D eigenvalue weighted by Crippen LogP contribution is 2.18. The summed E-state index contributed by atoms with van der Waals surface area (Å²) in [5.74, 6) is 0.612. The molecule has 146 valence electrons. The molecule has 0 spiro atoms. The summed E-state index contributed by atoms with van der Waals surface area (Å²) >= 11 is 0. The summed E-state index contributed by atoms with van der Waals surface area (Å²) < 4.78 is 11.2. The minimum absolute atomic E-state index is 0.0857. The summed E-state index contributed by atoms with van der Waals surface area (Å²) in [5.41, 5.74) is 3.29. The van der Waals surface area contributed by atoms with Crippen LogP contribution in [0.3, 0.4) is 0 Å². The molecule has 0 radical (unpaired) electrons. The maximum atomic E-state index is 12.4. The van der Waals surface area contributed by atoms with Gasteiger partial charge in [-0.3, -0.25) is 9.69 Å². The van der Waals surface area contributed by atoms with E-state index in [0.717, 1.165) is 51.2 Å². The molecular formula is C22H25N3O3. The van der Waals surface area contributed by atoms with E-state index in [1.165, 1.54) is 5.56 Å². The average Bonchev–Trinajstić information content (AvgIpc) is 3.16. The number of nitrogens with one attached hydrogen (secondary N) is 1. The van der Waals surface area contributed by atoms with Crippen LogP contribution < -0.4 is 5.32 Å². The Kier molecular flexibility index (Phi) is 5.99. The Morgan fingerprint density at radius 1 is 1.07 bits per heavy atom. The fourth-order valence-electron chi connectivity index (χ4n) is 3.37. The Bertz CT molecular complexity index is 917. The van der Waals surface area contributed by atoms with Crippen LogP contribution in [0, 0.1) is 0 Å². The Hall–Kier alpha value is -2.70. The highest BCUT2D eigenvalue weighted by molar-refractivity contribution is 5.97. The van der Waals surface area contributed by atoms with Crippen molar-refractivity contribution >= 4 is 17.0 Å². The number of carbonyl (C=O) groups excluding carboxylic acids is 1. The van der Waals surface area contributed by atoms with Crippen molar-refractivity contribution in [2.75, 3.05) is 39.4 Å². The van der Waals surface area contributed by atoms with Crippen molar-refractivity contribution in [1.82, 2.24) is 15.2 Å². The predicted octanol–water partition coefficient (Wildman–Crippen LogP) is 2.68. The molecular weight excluding hydrogens is 354 g/mol. The first-order valence-corrected chi connectivity index (χ1v) is 9.79. The molecule has 1 fully saturated rings. The van der Waals surface area contributed by atoms with Crippen molar-refractivity contribution in [2.24, 2.45) is 0 Å². The first kappa shape index (κ1) is 18.7. The topological polar surface area (TPSA) is 67.6 Å². The number of oxazole rings is 1. The molecule has 1 amide bonds. The molecule has 3 aromatic rings. The van der Waals surface area contributed by atoms with Gasteiger partial charge in [-0.2, -0.15) is 0 Å². The Morgan fingerprint density at radius 2 is 1.89 bits per heavy atom.